The molecule has 8 heteroatoms. The molecule has 2 aromatic rings. The van der Waals surface area contributed by atoms with Gasteiger partial charge in [0.05, 0.1) is 29.7 Å². The largest absolute Gasteiger partial charge is 0.469 e. The van der Waals surface area contributed by atoms with Gasteiger partial charge in [0, 0.05) is 19.3 Å². The van der Waals surface area contributed by atoms with Crippen molar-refractivity contribution in [2.45, 2.75) is 39.5 Å². The second-order valence-corrected chi connectivity index (χ2v) is 6.38. The Morgan fingerprint density at radius 3 is 2.68 bits per heavy atom. The minimum Gasteiger partial charge on any atom is -0.469 e. The van der Waals surface area contributed by atoms with Gasteiger partial charge in [0.15, 0.2) is 0 Å². The number of morpholine rings is 1. The summed E-state index contributed by atoms with van der Waals surface area (Å²) >= 11 is 0. The van der Waals surface area contributed by atoms with E-state index < -0.39 is 0 Å². The van der Waals surface area contributed by atoms with Gasteiger partial charge in [-0.3, -0.25) is 14.3 Å². The van der Waals surface area contributed by atoms with Crippen LogP contribution in [-0.2, 0) is 16.1 Å². The zero-order valence-corrected chi connectivity index (χ0v) is 14.6. The van der Waals surface area contributed by atoms with E-state index in [0.29, 0.717) is 30.1 Å². The number of aryl methyl sites for hydroxylation is 1. The van der Waals surface area contributed by atoms with E-state index in [1.165, 1.54) is 17.1 Å². The monoisotopic (exact) mass is 346 g/mol. The maximum absolute atomic E-state index is 12.4. The fourth-order valence-corrected chi connectivity index (χ4v) is 2.90. The van der Waals surface area contributed by atoms with Crippen LogP contribution in [0.4, 0.5) is 5.69 Å². The summed E-state index contributed by atoms with van der Waals surface area (Å²) in [6.07, 6.45) is 4.61. The van der Waals surface area contributed by atoms with Gasteiger partial charge in [-0.25, -0.2) is 0 Å². The molecule has 3 rings (SSSR count). The number of nitrogens with zero attached hydrogens (tertiary/aromatic N) is 3. The van der Waals surface area contributed by atoms with E-state index in [2.05, 4.69) is 10.4 Å². The zero-order valence-electron chi connectivity index (χ0n) is 14.6. The Bertz CT molecular complexity index is 756. The van der Waals surface area contributed by atoms with E-state index in [-0.39, 0.29) is 30.6 Å². The smallest absolute Gasteiger partial charge is 0.259 e. The first-order valence-electron chi connectivity index (χ1n) is 8.23. The maximum atomic E-state index is 12.4. The summed E-state index contributed by atoms with van der Waals surface area (Å²) in [6, 6.07) is 1.66. The van der Waals surface area contributed by atoms with Crippen LogP contribution in [0.5, 0.6) is 0 Å². The van der Waals surface area contributed by atoms with Crippen molar-refractivity contribution in [2.75, 3.05) is 18.4 Å². The first-order valence-corrected chi connectivity index (χ1v) is 8.23. The predicted molar refractivity (Wildman–Crippen MR) is 90.2 cm³/mol. The van der Waals surface area contributed by atoms with Crippen molar-refractivity contribution < 1.29 is 18.7 Å². The summed E-state index contributed by atoms with van der Waals surface area (Å²) in [4.78, 5) is 26.3. The zero-order chi connectivity index (χ0) is 18.0. The molecule has 8 nitrogen and oxygen atoms in total. The lowest BCUT2D eigenvalue weighted by Gasteiger charge is -2.35. The fourth-order valence-electron chi connectivity index (χ4n) is 2.90. The number of furan rings is 1. The second-order valence-electron chi connectivity index (χ2n) is 6.38. The summed E-state index contributed by atoms with van der Waals surface area (Å²) < 4.78 is 12.3. The number of amides is 2. The molecule has 2 aromatic heterocycles. The molecular weight excluding hydrogens is 324 g/mol. The highest BCUT2D eigenvalue weighted by atomic mass is 16.5. The summed E-state index contributed by atoms with van der Waals surface area (Å²) in [5.74, 6) is 0.368. The molecule has 0 saturated carbocycles. The highest BCUT2D eigenvalue weighted by Gasteiger charge is 2.26. The van der Waals surface area contributed by atoms with Gasteiger partial charge in [0.2, 0.25) is 5.91 Å². The molecule has 25 heavy (non-hydrogen) atoms. The molecular formula is C17H22N4O4. The molecule has 2 atom stereocenters. The average molecular weight is 346 g/mol. The van der Waals surface area contributed by atoms with Gasteiger partial charge in [-0.15, -0.1) is 0 Å². The van der Waals surface area contributed by atoms with Crippen LogP contribution in [0.15, 0.2) is 29.1 Å². The van der Waals surface area contributed by atoms with Crippen LogP contribution in [-0.4, -0.2) is 51.8 Å². The standard InChI is InChI=1S/C17H22N4O4/c1-11-4-14(10-24-11)17(23)19-15-5-18-21(8-15)9-16(22)20-6-12(2)25-13(3)7-20/h4-5,8,10,12-13H,6-7,9H2,1-3H3,(H,19,23)/t12-,13-/m1/s1. The minimum atomic E-state index is -0.279. The van der Waals surface area contributed by atoms with Crippen LogP contribution in [0.1, 0.15) is 30.0 Å². The van der Waals surface area contributed by atoms with Crippen molar-refractivity contribution in [2.24, 2.45) is 0 Å². The SMILES string of the molecule is Cc1cc(C(=O)Nc2cnn(CC(=O)N3C[C@@H](C)O[C@H](C)C3)c2)co1. The third-order valence-electron chi connectivity index (χ3n) is 3.95. The van der Waals surface area contributed by atoms with Crippen LogP contribution in [0.3, 0.4) is 0 Å². The van der Waals surface area contributed by atoms with Crippen LogP contribution in [0.25, 0.3) is 0 Å². The number of hydrogen-bond acceptors (Lipinski definition) is 5. The first-order chi connectivity index (χ1) is 11.9. The summed E-state index contributed by atoms with van der Waals surface area (Å²) in [5, 5.41) is 6.87. The van der Waals surface area contributed by atoms with Gasteiger partial charge in [-0.05, 0) is 26.8 Å². The Labute approximate surface area is 145 Å². The molecule has 3 heterocycles. The van der Waals surface area contributed by atoms with Crippen molar-refractivity contribution in [3.63, 3.8) is 0 Å². The van der Waals surface area contributed by atoms with Gasteiger partial charge in [0.1, 0.15) is 18.6 Å². The Morgan fingerprint density at radius 2 is 2.04 bits per heavy atom. The molecule has 1 N–H and O–H groups in total. The first kappa shape index (κ1) is 17.2. The number of carbonyl (C=O) groups is 2. The van der Waals surface area contributed by atoms with E-state index in [1.54, 1.807) is 24.1 Å². The Balaban J connectivity index is 1.58. The van der Waals surface area contributed by atoms with Gasteiger partial charge >= 0.3 is 0 Å². The Kier molecular flexibility index (Phi) is 4.89. The molecule has 0 unspecified atom stereocenters. The molecule has 1 fully saturated rings. The highest BCUT2D eigenvalue weighted by Crippen LogP contribution is 2.13. The van der Waals surface area contributed by atoms with E-state index in [0.717, 1.165) is 0 Å². The molecule has 0 bridgehead atoms. The molecule has 1 aliphatic heterocycles. The van der Waals surface area contributed by atoms with Gasteiger partial charge in [-0.2, -0.15) is 5.10 Å². The lowest BCUT2D eigenvalue weighted by molar-refractivity contribution is -0.144. The van der Waals surface area contributed by atoms with E-state index in [1.807, 2.05) is 13.8 Å². The number of anilines is 1. The quantitative estimate of drug-likeness (QED) is 0.910. The van der Waals surface area contributed by atoms with Crippen molar-refractivity contribution >= 4 is 17.5 Å². The summed E-state index contributed by atoms with van der Waals surface area (Å²) in [5.41, 5.74) is 0.970. The third-order valence-corrected chi connectivity index (χ3v) is 3.95. The van der Waals surface area contributed by atoms with Crippen molar-refractivity contribution in [3.05, 3.63) is 36.0 Å². The third kappa shape index (κ3) is 4.27. The number of nitrogens with one attached hydrogen (secondary N) is 1. The van der Waals surface area contributed by atoms with Crippen LogP contribution >= 0.6 is 0 Å². The normalized spacial score (nSPS) is 20.5. The molecule has 1 saturated heterocycles. The molecule has 1 aliphatic rings. The van der Waals surface area contributed by atoms with Crippen LogP contribution < -0.4 is 5.32 Å². The van der Waals surface area contributed by atoms with Crippen molar-refractivity contribution in [1.29, 1.82) is 0 Å². The molecule has 0 aromatic carbocycles. The van der Waals surface area contributed by atoms with E-state index in [4.69, 9.17) is 9.15 Å². The van der Waals surface area contributed by atoms with Crippen LogP contribution in [0.2, 0.25) is 0 Å². The maximum Gasteiger partial charge on any atom is 0.259 e. The fraction of sp³-hybridized carbons (Fsp3) is 0.471. The molecule has 134 valence electrons. The Hall–Kier alpha value is -2.61. The highest BCUT2D eigenvalue weighted by molar-refractivity contribution is 6.04. The lowest BCUT2D eigenvalue weighted by Crippen LogP contribution is -2.49. The van der Waals surface area contributed by atoms with Crippen molar-refractivity contribution in [3.8, 4) is 0 Å². The minimum absolute atomic E-state index is 0.0200. The van der Waals surface area contributed by atoms with Crippen LogP contribution in [0, 0.1) is 6.92 Å². The number of hydrogen-bond donors (Lipinski definition) is 1. The second kappa shape index (κ2) is 7.10. The molecule has 0 aliphatic carbocycles. The number of ether oxygens (including phenoxy) is 1. The summed E-state index contributed by atoms with van der Waals surface area (Å²) in [6.45, 7) is 6.96. The van der Waals surface area contributed by atoms with Gasteiger partial charge in [-0.1, -0.05) is 0 Å². The lowest BCUT2D eigenvalue weighted by atomic mass is 10.2. The van der Waals surface area contributed by atoms with E-state index >= 15 is 0 Å². The van der Waals surface area contributed by atoms with E-state index in [9.17, 15) is 9.59 Å². The van der Waals surface area contributed by atoms with Crippen molar-refractivity contribution in [1.82, 2.24) is 14.7 Å². The number of rotatable bonds is 4. The molecule has 0 spiro atoms. The predicted octanol–water partition coefficient (Wildman–Crippen LogP) is 1.67. The molecule has 0 radical (unpaired) electrons. The average Bonchev–Trinajstić information content (AvgIpc) is 3.15. The topological polar surface area (TPSA) is 89.6 Å². The number of aromatic nitrogens is 2. The van der Waals surface area contributed by atoms with Gasteiger partial charge < -0.3 is 19.4 Å². The van der Waals surface area contributed by atoms with Gasteiger partial charge in [0.25, 0.3) is 5.91 Å². The summed E-state index contributed by atoms with van der Waals surface area (Å²) in [7, 11) is 0. The number of carbonyl (C=O) groups excluding carboxylic acids is 2. The molecule has 2 amide bonds. The Morgan fingerprint density at radius 1 is 1.32 bits per heavy atom.